The molecule has 2 aliphatic rings. The molecule has 0 saturated heterocycles. The molecule has 4 aromatic carbocycles. The summed E-state index contributed by atoms with van der Waals surface area (Å²) in [4.78, 5) is 12.3. The average Bonchev–Trinajstić information content (AvgIpc) is 3.57. The van der Waals surface area contributed by atoms with Gasteiger partial charge in [0.25, 0.3) is 0 Å². The maximum atomic E-state index is 12.3. The van der Waals surface area contributed by atoms with Crippen LogP contribution >= 0.6 is 31.9 Å². The van der Waals surface area contributed by atoms with Gasteiger partial charge < -0.3 is 29.0 Å². The van der Waals surface area contributed by atoms with Crippen molar-refractivity contribution in [2.45, 2.75) is 89.1 Å². The molecule has 2 aliphatic carbocycles. The Kier molecular flexibility index (Phi) is 14.8. The number of fused-ring (bicyclic) bond motifs is 6. The maximum absolute atomic E-state index is 12.3. The quantitative estimate of drug-likeness (QED) is 0.0891. The summed E-state index contributed by atoms with van der Waals surface area (Å²) in [5.74, 6) is 0. The first kappa shape index (κ1) is 43.5. The number of alkyl carbamates (subject to hydrolysis) is 1. The smallest absolute Gasteiger partial charge is 0.407 e. The van der Waals surface area contributed by atoms with E-state index in [2.05, 4.69) is 117 Å². The van der Waals surface area contributed by atoms with Gasteiger partial charge in [-0.05, 0) is 151 Å². The fourth-order valence-corrected chi connectivity index (χ4v) is 9.62. The van der Waals surface area contributed by atoms with E-state index >= 15 is 0 Å². The fraction of sp³-hybridized carbons (Fsp3) is 0.479. The molecule has 0 heterocycles. The predicted molar refractivity (Wildman–Crippen MR) is 237 cm³/mol. The Labute approximate surface area is 356 Å². The van der Waals surface area contributed by atoms with Crippen LogP contribution in [0.2, 0.25) is 0 Å². The Bertz CT molecular complexity index is 1990. The van der Waals surface area contributed by atoms with E-state index in [1.807, 2.05) is 20.8 Å². The van der Waals surface area contributed by atoms with Crippen LogP contribution in [0.25, 0.3) is 33.4 Å². The molecule has 0 spiro atoms. The minimum atomic E-state index is -0.514. The van der Waals surface area contributed by atoms with Gasteiger partial charge in [-0.2, -0.15) is 0 Å². The standard InChI is InChI=1S/C48H59Br2NO6/c1-46(2,3)57-45(52)51-22-8-7-19-47(4)41-29-33(11-15-37(41)38-17-13-35(49)31-42(38)47)34-12-16-39-40-18-14-36(50)32-44(40)48(43(39)30-34,20-9-23-55-27-25-53-5)21-10-24-56-28-26-54-6/h11-18,29-32H,7-10,19-28H2,1-6H3,(H,51,52). The first-order valence-corrected chi connectivity index (χ1v) is 22.0. The molecule has 4 aromatic rings. The summed E-state index contributed by atoms with van der Waals surface area (Å²) in [6, 6.07) is 27.7. The van der Waals surface area contributed by atoms with Gasteiger partial charge in [-0.1, -0.05) is 81.6 Å². The first-order chi connectivity index (χ1) is 27.4. The Hall–Kier alpha value is -3.05. The second-order valence-corrected chi connectivity index (χ2v) is 18.4. The molecule has 1 N–H and O–H groups in total. The van der Waals surface area contributed by atoms with E-state index < -0.39 is 5.60 Å². The molecule has 0 bridgehead atoms. The highest BCUT2D eigenvalue weighted by atomic mass is 79.9. The summed E-state index contributed by atoms with van der Waals surface area (Å²) < 4.78 is 30.1. The summed E-state index contributed by atoms with van der Waals surface area (Å²) in [7, 11) is 3.42. The molecule has 0 saturated carbocycles. The molecule has 0 radical (unpaired) electrons. The first-order valence-electron chi connectivity index (χ1n) is 20.4. The number of hydrogen-bond donors (Lipinski definition) is 1. The fourth-order valence-electron chi connectivity index (χ4n) is 8.90. The molecule has 0 aliphatic heterocycles. The lowest BCUT2D eigenvalue weighted by molar-refractivity contribution is 0.0527. The topological polar surface area (TPSA) is 75.3 Å². The van der Waals surface area contributed by atoms with Crippen LogP contribution in [-0.4, -0.2) is 72.1 Å². The molecule has 0 fully saturated rings. The third-order valence-electron chi connectivity index (χ3n) is 11.6. The lowest BCUT2D eigenvalue weighted by Gasteiger charge is -2.33. The molecule has 1 unspecified atom stereocenters. The highest BCUT2D eigenvalue weighted by molar-refractivity contribution is 9.10. The molecule has 0 aromatic heterocycles. The number of nitrogens with one attached hydrogen (secondary N) is 1. The van der Waals surface area contributed by atoms with E-state index in [-0.39, 0.29) is 16.9 Å². The number of hydrogen-bond acceptors (Lipinski definition) is 6. The van der Waals surface area contributed by atoms with Gasteiger partial charge in [-0.3, -0.25) is 0 Å². The monoisotopic (exact) mass is 903 g/mol. The minimum absolute atomic E-state index is 0.189. The van der Waals surface area contributed by atoms with Crippen molar-refractivity contribution < 1.29 is 28.5 Å². The molecular weight excluding hydrogens is 846 g/mol. The number of benzene rings is 4. The second-order valence-electron chi connectivity index (χ2n) is 16.6. The van der Waals surface area contributed by atoms with Gasteiger partial charge >= 0.3 is 6.09 Å². The van der Waals surface area contributed by atoms with Gasteiger partial charge in [0.05, 0.1) is 26.4 Å². The van der Waals surface area contributed by atoms with Crippen LogP contribution < -0.4 is 5.32 Å². The maximum Gasteiger partial charge on any atom is 0.407 e. The predicted octanol–water partition coefficient (Wildman–Crippen LogP) is 12.0. The van der Waals surface area contributed by atoms with E-state index in [1.165, 1.54) is 55.6 Å². The van der Waals surface area contributed by atoms with E-state index in [9.17, 15) is 4.79 Å². The Balaban J connectivity index is 1.32. The highest BCUT2D eigenvalue weighted by Gasteiger charge is 2.43. The Morgan fingerprint density at radius 2 is 1.07 bits per heavy atom. The normalized spacial score (nSPS) is 16.2. The number of amides is 1. The van der Waals surface area contributed by atoms with Gasteiger partial charge in [-0.15, -0.1) is 0 Å². The summed E-state index contributed by atoms with van der Waals surface area (Å²) in [5.41, 5.74) is 12.2. The molecule has 7 nitrogen and oxygen atoms in total. The van der Waals surface area contributed by atoms with Crippen molar-refractivity contribution in [3.8, 4) is 33.4 Å². The third-order valence-corrected chi connectivity index (χ3v) is 12.5. The SMILES string of the molecule is COCCOCCCC1(CCCOCCOC)c2cc(Br)ccc2-c2ccc(-c3ccc4c(c3)C(C)(CCCCNC(=O)OC(C)(C)C)c3cc(Br)ccc3-4)cc21. The van der Waals surface area contributed by atoms with Crippen molar-refractivity contribution >= 4 is 38.0 Å². The van der Waals surface area contributed by atoms with Crippen molar-refractivity contribution in [1.82, 2.24) is 5.32 Å². The van der Waals surface area contributed by atoms with Gasteiger partial charge in [0.2, 0.25) is 0 Å². The molecule has 306 valence electrons. The number of carbonyl (C=O) groups excluding carboxylic acids is 1. The zero-order valence-corrected chi connectivity index (χ0v) is 37.7. The van der Waals surface area contributed by atoms with E-state index in [4.69, 9.17) is 23.7 Å². The molecular formula is C48H59Br2NO6. The van der Waals surface area contributed by atoms with Crippen LogP contribution in [0.1, 0.15) is 94.9 Å². The Morgan fingerprint density at radius 3 is 1.61 bits per heavy atom. The van der Waals surface area contributed by atoms with E-state index in [0.717, 1.165) is 53.9 Å². The number of halogens is 2. The van der Waals surface area contributed by atoms with Crippen molar-refractivity contribution in [1.29, 1.82) is 0 Å². The van der Waals surface area contributed by atoms with Crippen molar-refractivity contribution in [2.24, 2.45) is 0 Å². The average molecular weight is 906 g/mol. The summed E-state index contributed by atoms with van der Waals surface area (Å²) in [6.45, 7) is 12.4. The minimum Gasteiger partial charge on any atom is -0.444 e. The second kappa shape index (κ2) is 19.3. The van der Waals surface area contributed by atoms with Gasteiger partial charge in [0, 0.05) is 53.8 Å². The number of carbonyl (C=O) groups is 1. The van der Waals surface area contributed by atoms with Gasteiger partial charge in [0.1, 0.15) is 5.60 Å². The van der Waals surface area contributed by atoms with E-state index in [1.54, 1.807) is 14.2 Å². The van der Waals surface area contributed by atoms with Crippen molar-refractivity contribution in [3.05, 3.63) is 104 Å². The van der Waals surface area contributed by atoms with Crippen molar-refractivity contribution in [3.63, 3.8) is 0 Å². The molecule has 9 heteroatoms. The molecule has 1 amide bonds. The van der Waals surface area contributed by atoms with Gasteiger partial charge in [-0.25, -0.2) is 4.79 Å². The third kappa shape index (κ3) is 10.0. The molecule has 57 heavy (non-hydrogen) atoms. The van der Waals surface area contributed by atoms with Gasteiger partial charge in [0.15, 0.2) is 0 Å². The number of ether oxygens (including phenoxy) is 5. The molecule has 6 rings (SSSR count). The van der Waals surface area contributed by atoms with Crippen LogP contribution in [0.15, 0.2) is 81.7 Å². The zero-order valence-electron chi connectivity index (χ0n) is 34.5. The highest BCUT2D eigenvalue weighted by Crippen LogP contribution is 2.56. The zero-order chi connectivity index (χ0) is 40.6. The summed E-state index contributed by atoms with van der Waals surface area (Å²) in [6.07, 6.45) is 6.22. The summed E-state index contributed by atoms with van der Waals surface area (Å²) >= 11 is 7.60. The van der Waals surface area contributed by atoms with Crippen LogP contribution in [0.5, 0.6) is 0 Å². The lowest BCUT2D eigenvalue weighted by atomic mass is 9.71. The number of rotatable bonds is 20. The van der Waals surface area contributed by atoms with Crippen LogP contribution in [0, 0.1) is 0 Å². The summed E-state index contributed by atoms with van der Waals surface area (Å²) in [5, 5.41) is 2.94. The number of methoxy groups -OCH3 is 2. The number of unbranched alkanes of at least 4 members (excludes halogenated alkanes) is 1. The van der Waals surface area contributed by atoms with E-state index in [0.29, 0.717) is 46.2 Å². The van der Waals surface area contributed by atoms with Crippen LogP contribution in [-0.2, 0) is 34.5 Å². The van der Waals surface area contributed by atoms with Crippen LogP contribution in [0.3, 0.4) is 0 Å². The largest absolute Gasteiger partial charge is 0.444 e. The lowest BCUT2D eigenvalue weighted by Crippen LogP contribution is -2.33. The molecule has 1 atom stereocenters. The Morgan fingerprint density at radius 1 is 0.596 bits per heavy atom. The van der Waals surface area contributed by atoms with Crippen LogP contribution in [0.4, 0.5) is 4.79 Å². The van der Waals surface area contributed by atoms with Crippen molar-refractivity contribution in [2.75, 3.05) is 60.4 Å².